The summed E-state index contributed by atoms with van der Waals surface area (Å²) in [5.41, 5.74) is 3.39. The number of hydrogen-bond acceptors (Lipinski definition) is 4. The Labute approximate surface area is 178 Å². The van der Waals surface area contributed by atoms with Crippen LogP contribution in [0.2, 0.25) is 0 Å². The number of imidazole rings is 1. The molecule has 0 spiro atoms. The second kappa shape index (κ2) is 10.1. The lowest BCUT2D eigenvalue weighted by Gasteiger charge is -2.08. The number of benzene rings is 2. The van der Waals surface area contributed by atoms with Crippen LogP contribution in [-0.4, -0.2) is 28.7 Å². The Bertz CT molecular complexity index is 1020. The van der Waals surface area contributed by atoms with Crippen LogP contribution in [0.4, 0.5) is 0 Å². The van der Waals surface area contributed by atoms with Gasteiger partial charge in [0.2, 0.25) is 0 Å². The smallest absolute Gasteiger partial charge is 0.338 e. The Morgan fingerprint density at radius 1 is 1.10 bits per heavy atom. The van der Waals surface area contributed by atoms with E-state index in [2.05, 4.69) is 25.3 Å². The van der Waals surface area contributed by atoms with E-state index in [1.54, 1.807) is 19.1 Å². The zero-order valence-corrected chi connectivity index (χ0v) is 18.2. The molecule has 0 N–H and O–H groups in total. The molecule has 1 heterocycles. The van der Waals surface area contributed by atoms with Gasteiger partial charge in [-0.05, 0) is 68.2 Å². The predicted octanol–water partition coefficient (Wildman–Crippen LogP) is 5.83. The molecule has 30 heavy (non-hydrogen) atoms. The first-order valence-corrected chi connectivity index (χ1v) is 10.6. The summed E-state index contributed by atoms with van der Waals surface area (Å²) in [5.74, 6) is 2.06. The highest BCUT2D eigenvalue weighted by Gasteiger charge is 2.12. The molecule has 0 fully saturated rings. The monoisotopic (exact) mass is 406 g/mol. The van der Waals surface area contributed by atoms with E-state index < -0.39 is 0 Å². The van der Waals surface area contributed by atoms with Crippen LogP contribution in [0.25, 0.3) is 23.2 Å². The van der Waals surface area contributed by atoms with Gasteiger partial charge >= 0.3 is 5.97 Å². The molecule has 2 aromatic carbocycles. The molecular weight excluding hydrogens is 376 g/mol. The number of rotatable bonds is 9. The van der Waals surface area contributed by atoms with Gasteiger partial charge in [0.05, 0.1) is 29.8 Å². The van der Waals surface area contributed by atoms with Crippen molar-refractivity contribution in [1.82, 2.24) is 9.55 Å². The number of ether oxygens (including phenoxy) is 2. The normalized spacial score (nSPS) is 11.5. The molecule has 0 saturated carbocycles. The van der Waals surface area contributed by atoms with Gasteiger partial charge in [-0.15, -0.1) is 0 Å². The summed E-state index contributed by atoms with van der Waals surface area (Å²) in [6.45, 7) is 10.2. The molecule has 0 saturated heterocycles. The van der Waals surface area contributed by atoms with Crippen LogP contribution in [0.5, 0.6) is 5.75 Å². The highest BCUT2D eigenvalue weighted by atomic mass is 16.5. The van der Waals surface area contributed by atoms with E-state index in [0.717, 1.165) is 47.7 Å². The summed E-state index contributed by atoms with van der Waals surface area (Å²) in [6.07, 6.45) is 5.09. The number of aryl methyl sites for hydroxylation is 1. The zero-order chi connectivity index (χ0) is 21.5. The van der Waals surface area contributed by atoms with Crippen molar-refractivity contribution in [3.63, 3.8) is 0 Å². The number of carbonyl (C=O) groups is 1. The molecule has 0 aliphatic heterocycles. The quantitative estimate of drug-likeness (QED) is 0.420. The van der Waals surface area contributed by atoms with E-state index in [0.29, 0.717) is 18.1 Å². The first-order valence-electron chi connectivity index (χ1n) is 10.6. The van der Waals surface area contributed by atoms with Gasteiger partial charge in [0.1, 0.15) is 11.6 Å². The first kappa shape index (κ1) is 21.6. The Hall–Kier alpha value is -3.08. The molecule has 158 valence electrons. The Morgan fingerprint density at radius 2 is 1.87 bits per heavy atom. The summed E-state index contributed by atoms with van der Waals surface area (Å²) in [4.78, 5) is 16.7. The summed E-state index contributed by atoms with van der Waals surface area (Å²) >= 11 is 0. The molecule has 0 unspecified atom stereocenters. The molecule has 3 rings (SSSR count). The maximum atomic E-state index is 12.0. The molecule has 1 aromatic heterocycles. The fraction of sp³-hybridized carbons (Fsp3) is 0.360. The van der Waals surface area contributed by atoms with Gasteiger partial charge in [-0.25, -0.2) is 9.78 Å². The van der Waals surface area contributed by atoms with Gasteiger partial charge in [0.25, 0.3) is 0 Å². The first-order chi connectivity index (χ1) is 14.5. The van der Waals surface area contributed by atoms with E-state index in [4.69, 9.17) is 14.5 Å². The SMILES string of the molecule is CCOC(=O)c1ccc2c(c1)nc(C=Cc1ccc(OCCC(C)C)cc1)n2CC. The second-order valence-electron chi connectivity index (χ2n) is 7.57. The molecule has 0 radical (unpaired) electrons. The molecular formula is C25H30N2O3. The Balaban J connectivity index is 1.77. The van der Waals surface area contributed by atoms with Crippen molar-refractivity contribution in [2.45, 2.75) is 40.7 Å². The zero-order valence-electron chi connectivity index (χ0n) is 18.2. The number of carbonyl (C=O) groups excluding carboxylic acids is 1. The fourth-order valence-electron chi connectivity index (χ4n) is 3.21. The van der Waals surface area contributed by atoms with Crippen LogP contribution < -0.4 is 4.74 Å². The van der Waals surface area contributed by atoms with Crippen molar-refractivity contribution >= 4 is 29.2 Å². The van der Waals surface area contributed by atoms with Crippen LogP contribution in [0.1, 0.15) is 55.9 Å². The number of esters is 1. The molecule has 0 atom stereocenters. The van der Waals surface area contributed by atoms with Gasteiger partial charge in [0, 0.05) is 6.54 Å². The van der Waals surface area contributed by atoms with Crippen molar-refractivity contribution in [1.29, 1.82) is 0 Å². The molecule has 0 bridgehead atoms. The fourth-order valence-corrected chi connectivity index (χ4v) is 3.21. The largest absolute Gasteiger partial charge is 0.494 e. The van der Waals surface area contributed by atoms with Crippen molar-refractivity contribution in [2.24, 2.45) is 5.92 Å². The lowest BCUT2D eigenvalue weighted by Crippen LogP contribution is -2.04. The second-order valence-corrected chi connectivity index (χ2v) is 7.57. The van der Waals surface area contributed by atoms with Crippen molar-refractivity contribution in [2.75, 3.05) is 13.2 Å². The topological polar surface area (TPSA) is 53.4 Å². The van der Waals surface area contributed by atoms with E-state index in [9.17, 15) is 4.79 Å². The average molecular weight is 407 g/mol. The third-order valence-corrected chi connectivity index (χ3v) is 4.87. The number of aromatic nitrogens is 2. The van der Waals surface area contributed by atoms with Crippen LogP contribution >= 0.6 is 0 Å². The predicted molar refractivity (Wildman–Crippen MR) is 122 cm³/mol. The molecule has 0 aliphatic carbocycles. The maximum absolute atomic E-state index is 12.0. The lowest BCUT2D eigenvalue weighted by atomic mass is 10.1. The highest BCUT2D eigenvalue weighted by molar-refractivity contribution is 5.94. The molecule has 5 heteroatoms. The van der Waals surface area contributed by atoms with Crippen molar-refractivity contribution < 1.29 is 14.3 Å². The minimum absolute atomic E-state index is 0.321. The molecule has 5 nitrogen and oxygen atoms in total. The number of fused-ring (bicyclic) bond motifs is 1. The van der Waals surface area contributed by atoms with Crippen molar-refractivity contribution in [3.05, 3.63) is 59.4 Å². The summed E-state index contributed by atoms with van der Waals surface area (Å²) in [6, 6.07) is 13.6. The molecule has 0 amide bonds. The third-order valence-electron chi connectivity index (χ3n) is 4.87. The minimum Gasteiger partial charge on any atom is -0.494 e. The minimum atomic E-state index is -0.321. The standard InChI is InChI=1S/C25H30N2O3/c1-5-27-23-13-10-20(25(28)29-6-2)17-22(23)26-24(27)14-9-19-7-11-21(12-8-19)30-16-15-18(3)4/h7-14,17-18H,5-6,15-16H2,1-4H3. The van der Waals surface area contributed by atoms with Gasteiger partial charge in [-0.2, -0.15) is 0 Å². The molecule has 3 aromatic rings. The summed E-state index contributed by atoms with van der Waals surface area (Å²) in [5, 5.41) is 0. The summed E-state index contributed by atoms with van der Waals surface area (Å²) < 4.78 is 13.0. The van der Waals surface area contributed by atoms with Crippen LogP contribution in [-0.2, 0) is 11.3 Å². The highest BCUT2D eigenvalue weighted by Crippen LogP contribution is 2.21. The van der Waals surface area contributed by atoms with Crippen LogP contribution in [0.3, 0.4) is 0 Å². The molecule has 0 aliphatic rings. The van der Waals surface area contributed by atoms with E-state index >= 15 is 0 Å². The summed E-state index contributed by atoms with van der Waals surface area (Å²) in [7, 11) is 0. The van der Waals surface area contributed by atoms with Gasteiger partial charge in [-0.1, -0.05) is 32.1 Å². The third kappa shape index (κ3) is 5.29. The Kier molecular flexibility index (Phi) is 7.28. The lowest BCUT2D eigenvalue weighted by molar-refractivity contribution is 0.0526. The maximum Gasteiger partial charge on any atom is 0.338 e. The van der Waals surface area contributed by atoms with E-state index in [1.807, 2.05) is 42.5 Å². The van der Waals surface area contributed by atoms with Crippen LogP contribution in [0, 0.1) is 5.92 Å². The van der Waals surface area contributed by atoms with Gasteiger partial charge in [-0.3, -0.25) is 0 Å². The van der Waals surface area contributed by atoms with E-state index in [-0.39, 0.29) is 5.97 Å². The van der Waals surface area contributed by atoms with Crippen molar-refractivity contribution in [3.8, 4) is 5.75 Å². The average Bonchev–Trinajstić information content (AvgIpc) is 3.09. The van der Waals surface area contributed by atoms with Gasteiger partial charge in [0.15, 0.2) is 0 Å². The van der Waals surface area contributed by atoms with Crippen LogP contribution in [0.15, 0.2) is 42.5 Å². The van der Waals surface area contributed by atoms with Gasteiger partial charge < -0.3 is 14.0 Å². The number of nitrogens with zero attached hydrogens (tertiary/aromatic N) is 2. The number of hydrogen-bond donors (Lipinski definition) is 0. The van der Waals surface area contributed by atoms with E-state index in [1.165, 1.54) is 0 Å². The Morgan fingerprint density at radius 3 is 2.53 bits per heavy atom.